The molecule has 4 nitrogen and oxygen atoms in total. The van der Waals surface area contributed by atoms with Gasteiger partial charge < -0.3 is 9.84 Å². The van der Waals surface area contributed by atoms with Crippen molar-refractivity contribution in [3.05, 3.63) is 0 Å². The Labute approximate surface area is 104 Å². The molecule has 5 heteroatoms. The molecule has 1 unspecified atom stereocenters. The van der Waals surface area contributed by atoms with Crippen molar-refractivity contribution in [1.82, 2.24) is 5.32 Å². The van der Waals surface area contributed by atoms with Gasteiger partial charge >= 0.3 is 7.60 Å². The van der Waals surface area contributed by atoms with Crippen molar-refractivity contribution in [2.24, 2.45) is 0 Å². The van der Waals surface area contributed by atoms with Gasteiger partial charge in [0.25, 0.3) is 0 Å². The molecule has 0 radical (unpaired) electrons. The van der Waals surface area contributed by atoms with E-state index in [1.165, 1.54) is 19.3 Å². The Morgan fingerprint density at radius 1 is 1.29 bits per heavy atom. The first-order valence-electron chi connectivity index (χ1n) is 6.38. The van der Waals surface area contributed by atoms with E-state index in [2.05, 4.69) is 17.5 Å². The zero-order valence-electron chi connectivity index (χ0n) is 10.7. The molecule has 0 aliphatic heterocycles. The van der Waals surface area contributed by atoms with Crippen molar-refractivity contribution in [2.75, 3.05) is 12.8 Å². The Balaban J connectivity index is 2.31. The Hall–Kier alpha value is -0.650. The Morgan fingerprint density at radius 3 is 2.59 bits per heavy atom. The fraction of sp³-hybridized carbons (Fsp3) is 0.833. The lowest BCUT2D eigenvalue weighted by atomic mass is 9.96. The smallest absolute Gasteiger partial charge is 0.369 e. The molecular weight excluding hydrogens is 237 g/mol. The van der Waals surface area contributed by atoms with Crippen LogP contribution in [0.15, 0.2) is 0 Å². The van der Waals surface area contributed by atoms with Gasteiger partial charge in [-0.3, -0.25) is 4.52 Å². The minimum absolute atomic E-state index is 0.346. The third kappa shape index (κ3) is 5.48. The van der Waals surface area contributed by atoms with Crippen molar-refractivity contribution in [1.29, 1.82) is 0 Å². The zero-order valence-corrected chi connectivity index (χ0v) is 11.6. The first kappa shape index (κ1) is 14.4. The van der Waals surface area contributed by atoms with Gasteiger partial charge in [-0.2, -0.15) is 0 Å². The maximum Gasteiger partial charge on any atom is 0.387 e. The van der Waals surface area contributed by atoms with Crippen LogP contribution in [0.1, 0.15) is 46.0 Å². The molecule has 0 aromatic rings. The van der Waals surface area contributed by atoms with Crippen LogP contribution in [0.4, 0.5) is 0 Å². The average molecular weight is 259 g/mol. The fourth-order valence-electron chi connectivity index (χ4n) is 1.85. The van der Waals surface area contributed by atoms with E-state index in [0.717, 1.165) is 12.8 Å². The summed E-state index contributed by atoms with van der Waals surface area (Å²) in [6.07, 6.45) is 8.95. The van der Waals surface area contributed by atoms with Crippen molar-refractivity contribution in [3.63, 3.8) is 0 Å². The summed E-state index contributed by atoms with van der Waals surface area (Å²) in [6.45, 7) is 3.94. The molecule has 0 aromatic carbocycles. The van der Waals surface area contributed by atoms with E-state index in [1.807, 2.05) is 0 Å². The molecule has 0 heterocycles. The van der Waals surface area contributed by atoms with Gasteiger partial charge in [0.2, 0.25) is 0 Å². The highest BCUT2D eigenvalue weighted by Crippen LogP contribution is 2.46. The SMILES string of the molecule is CCOP(=O)(CC)OC#CNC1CCCCC1. The van der Waals surface area contributed by atoms with Gasteiger partial charge in [0.1, 0.15) is 6.11 Å². The van der Waals surface area contributed by atoms with Gasteiger partial charge in [-0.25, -0.2) is 4.57 Å². The molecule has 98 valence electrons. The minimum Gasteiger partial charge on any atom is -0.369 e. The molecule has 0 saturated heterocycles. The van der Waals surface area contributed by atoms with Gasteiger partial charge in [-0.05, 0) is 19.8 Å². The van der Waals surface area contributed by atoms with Crippen molar-refractivity contribution < 1.29 is 13.6 Å². The number of hydrogen-bond donors (Lipinski definition) is 1. The summed E-state index contributed by atoms with van der Waals surface area (Å²) in [5, 5.41) is 3.10. The molecule has 1 N–H and O–H groups in total. The number of hydrogen-bond acceptors (Lipinski definition) is 4. The Morgan fingerprint density at radius 2 is 2.00 bits per heavy atom. The summed E-state index contributed by atoms with van der Waals surface area (Å²) in [5.41, 5.74) is 0. The van der Waals surface area contributed by atoms with E-state index >= 15 is 0 Å². The first-order valence-corrected chi connectivity index (χ1v) is 8.10. The highest BCUT2D eigenvalue weighted by atomic mass is 31.2. The summed E-state index contributed by atoms with van der Waals surface area (Å²) in [4.78, 5) is 0. The first-order chi connectivity index (χ1) is 8.20. The predicted molar refractivity (Wildman–Crippen MR) is 68.6 cm³/mol. The largest absolute Gasteiger partial charge is 0.387 e. The van der Waals surface area contributed by atoms with Gasteiger partial charge in [-0.1, -0.05) is 26.2 Å². The van der Waals surface area contributed by atoms with E-state index in [-0.39, 0.29) is 0 Å². The normalized spacial score (nSPS) is 19.9. The summed E-state index contributed by atoms with van der Waals surface area (Å²) in [5.74, 6) is 0. The summed E-state index contributed by atoms with van der Waals surface area (Å²) in [6, 6.07) is 3.18. The second-order valence-electron chi connectivity index (χ2n) is 4.14. The molecule has 1 rings (SSSR count). The van der Waals surface area contributed by atoms with Crippen LogP contribution in [0, 0.1) is 12.2 Å². The molecule has 1 saturated carbocycles. The van der Waals surface area contributed by atoms with E-state index in [1.54, 1.807) is 13.8 Å². The molecule has 0 spiro atoms. The quantitative estimate of drug-likeness (QED) is 0.468. The van der Waals surface area contributed by atoms with Crippen LogP contribution in [0.25, 0.3) is 0 Å². The molecule has 1 fully saturated rings. The van der Waals surface area contributed by atoms with Crippen LogP contribution in [0.5, 0.6) is 0 Å². The monoisotopic (exact) mass is 259 g/mol. The molecule has 1 aliphatic carbocycles. The van der Waals surface area contributed by atoms with E-state index in [4.69, 9.17) is 9.05 Å². The highest BCUT2D eigenvalue weighted by molar-refractivity contribution is 7.53. The minimum atomic E-state index is -2.98. The van der Waals surface area contributed by atoms with Crippen LogP contribution in [0.2, 0.25) is 0 Å². The van der Waals surface area contributed by atoms with E-state index < -0.39 is 7.60 Å². The van der Waals surface area contributed by atoms with E-state index in [0.29, 0.717) is 18.8 Å². The molecule has 1 atom stereocenters. The average Bonchev–Trinajstić information content (AvgIpc) is 2.36. The predicted octanol–water partition coefficient (Wildman–Crippen LogP) is 3.09. The lowest BCUT2D eigenvalue weighted by Gasteiger charge is -2.20. The molecule has 17 heavy (non-hydrogen) atoms. The summed E-state index contributed by atoms with van der Waals surface area (Å²) in [7, 11) is -2.98. The topological polar surface area (TPSA) is 47.6 Å². The Bertz CT molecular complexity index is 315. The molecular formula is C12H22NO3P. The van der Waals surface area contributed by atoms with Crippen LogP contribution in [-0.2, 0) is 13.6 Å². The van der Waals surface area contributed by atoms with Crippen LogP contribution in [-0.4, -0.2) is 18.8 Å². The highest BCUT2D eigenvalue weighted by Gasteiger charge is 2.21. The van der Waals surface area contributed by atoms with Crippen molar-refractivity contribution >= 4 is 7.60 Å². The standard InChI is InChI=1S/C12H22NO3P/c1-3-15-17(14,4-2)16-11-10-13-12-8-6-5-7-9-12/h12-13H,3-9H2,1-2H3. The number of rotatable bonds is 5. The molecule has 1 aliphatic rings. The van der Waals surface area contributed by atoms with Gasteiger partial charge in [0.05, 0.1) is 12.8 Å². The maximum absolute atomic E-state index is 11.9. The van der Waals surface area contributed by atoms with Gasteiger partial charge in [-0.15, -0.1) is 0 Å². The summed E-state index contributed by atoms with van der Waals surface area (Å²) >= 11 is 0. The third-order valence-corrected chi connectivity index (χ3v) is 4.63. The van der Waals surface area contributed by atoms with Crippen molar-refractivity contribution in [3.8, 4) is 12.2 Å². The second-order valence-corrected chi connectivity index (χ2v) is 6.44. The maximum atomic E-state index is 11.9. The van der Waals surface area contributed by atoms with Crippen LogP contribution >= 0.6 is 7.60 Å². The van der Waals surface area contributed by atoms with Gasteiger partial charge in [0.15, 0.2) is 0 Å². The number of nitrogens with one attached hydrogen (secondary N) is 1. The fourth-order valence-corrected chi connectivity index (χ4v) is 2.79. The molecule has 0 amide bonds. The zero-order chi connectivity index (χ0) is 12.6. The van der Waals surface area contributed by atoms with Crippen LogP contribution in [0.3, 0.4) is 0 Å². The third-order valence-electron chi connectivity index (χ3n) is 2.83. The Kier molecular flexibility index (Phi) is 6.47. The lowest BCUT2D eigenvalue weighted by molar-refractivity contribution is 0.270. The molecule has 0 bridgehead atoms. The van der Waals surface area contributed by atoms with Gasteiger partial charge in [0, 0.05) is 12.1 Å². The van der Waals surface area contributed by atoms with Crippen LogP contribution < -0.4 is 5.32 Å². The molecule has 0 aromatic heterocycles. The second kappa shape index (κ2) is 7.63. The lowest BCUT2D eigenvalue weighted by Crippen LogP contribution is -2.26. The summed E-state index contributed by atoms with van der Waals surface area (Å²) < 4.78 is 22.0. The van der Waals surface area contributed by atoms with Crippen molar-refractivity contribution in [2.45, 2.75) is 52.0 Å². The van der Waals surface area contributed by atoms with E-state index in [9.17, 15) is 4.57 Å².